The van der Waals surface area contributed by atoms with E-state index in [1.165, 1.54) is 10.4 Å². The summed E-state index contributed by atoms with van der Waals surface area (Å²) >= 11 is 0. The second kappa shape index (κ2) is 19.4. The summed E-state index contributed by atoms with van der Waals surface area (Å²) in [5.74, 6) is 1.56. The highest BCUT2D eigenvalue weighted by molar-refractivity contribution is 6.99. The van der Waals surface area contributed by atoms with E-state index >= 15 is 0 Å². The lowest BCUT2D eigenvalue weighted by Gasteiger charge is -2.43. The zero-order chi connectivity index (χ0) is 38.4. The highest BCUT2D eigenvalue weighted by Gasteiger charge is 2.50. The van der Waals surface area contributed by atoms with E-state index in [0.29, 0.717) is 32.5 Å². The Morgan fingerprint density at radius 1 is 0.500 bits per heavy atom. The van der Waals surface area contributed by atoms with Crippen LogP contribution in [0.4, 0.5) is 0 Å². The minimum absolute atomic E-state index is 0.110. The topological polar surface area (TPSA) is 77.4 Å². The summed E-state index contributed by atoms with van der Waals surface area (Å²) in [4.78, 5) is 0. The fourth-order valence-corrected chi connectivity index (χ4v) is 12.2. The van der Waals surface area contributed by atoms with Gasteiger partial charge in [-0.05, 0) is 82.1 Å². The van der Waals surface area contributed by atoms with Crippen molar-refractivity contribution in [2.75, 3.05) is 27.4 Å². The normalized spacial score (nSPS) is 13.3. The maximum absolute atomic E-state index is 11.0. The van der Waals surface area contributed by atoms with Gasteiger partial charge in [-0.15, -0.1) is 0 Å². The molecule has 54 heavy (non-hydrogen) atoms. The first-order chi connectivity index (χ1) is 26.2. The molecular weight excluding hydrogens is 689 g/mol. The molecule has 286 valence electrons. The fourth-order valence-electron chi connectivity index (χ4n) is 7.60. The van der Waals surface area contributed by atoms with Gasteiger partial charge < -0.3 is 28.8 Å². The van der Waals surface area contributed by atoms with Crippen LogP contribution in [0.5, 0.6) is 11.5 Å². The smallest absolute Gasteiger partial charge is 0.261 e. The van der Waals surface area contributed by atoms with Gasteiger partial charge in [0.25, 0.3) is 8.32 Å². The SMILES string of the molecule is COc1ccc(C(OCCCCCC(O)C(O)CCCO[Si](c2ccccc2)(c2ccccc2)C(C)(C)C)(c2ccccc2)c2ccc(OC)cc2)cc1. The van der Waals surface area contributed by atoms with E-state index < -0.39 is 26.1 Å². The first-order valence-electron chi connectivity index (χ1n) is 19.3. The van der Waals surface area contributed by atoms with E-state index in [1.54, 1.807) is 14.2 Å². The lowest BCUT2D eigenvalue weighted by molar-refractivity contribution is 0.00123. The molecule has 0 aliphatic heterocycles. The van der Waals surface area contributed by atoms with Crippen molar-refractivity contribution in [1.29, 1.82) is 0 Å². The summed E-state index contributed by atoms with van der Waals surface area (Å²) in [5.41, 5.74) is 2.17. The molecular formula is C47H58O6Si. The van der Waals surface area contributed by atoms with Gasteiger partial charge in [0.05, 0.1) is 26.4 Å². The molecule has 7 heteroatoms. The Morgan fingerprint density at radius 2 is 0.926 bits per heavy atom. The largest absolute Gasteiger partial charge is 0.497 e. The van der Waals surface area contributed by atoms with Crippen LogP contribution in [0.3, 0.4) is 0 Å². The summed E-state index contributed by atoms with van der Waals surface area (Å²) in [6.07, 6.45) is 2.51. The highest BCUT2D eigenvalue weighted by Crippen LogP contribution is 2.42. The molecule has 0 radical (unpaired) electrons. The summed E-state index contributed by atoms with van der Waals surface area (Å²) in [5, 5.41) is 24.3. The molecule has 0 aliphatic rings. The van der Waals surface area contributed by atoms with Crippen LogP contribution in [-0.4, -0.2) is 58.2 Å². The van der Waals surface area contributed by atoms with Gasteiger partial charge in [0, 0.05) is 13.2 Å². The predicted octanol–water partition coefficient (Wildman–Crippen LogP) is 8.65. The third-order valence-electron chi connectivity index (χ3n) is 10.5. The number of hydrogen-bond acceptors (Lipinski definition) is 6. The van der Waals surface area contributed by atoms with Crippen LogP contribution in [0.1, 0.15) is 76.0 Å². The molecule has 0 spiro atoms. The van der Waals surface area contributed by atoms with Crippen LogP contribution in [0, 0.1) is 0 Å². The van der Waals surface area contributed by atoms with Gasteiger partial charge >= 0.3 is 0 Å². The molecule has 2 unspecified atom stereocenters. The summed E-state index contributed by atoms with van der Waals surface area (Å²) < 4.78 is 24.9. The van der Waals surface area contributed by atoms with E-state index in [2.05, 4.69) is 106 Å². The molecule has 0 saturated carbocycles. The fraction of sp³-hybridized carbons (Fsp3) is 0.362. The first kappa shape index (κ1) is 40.9. The predicted molar refractivity (Wildman–Crippen MR) is 222 cm³/mol. The number of aliphatic hydroxyl groups is 2. The molecule has 0 fully saturated rings. The lowest BCUT2D eigenvalue weighted by Crippen LogP contribution is -2.66. The van der Waals surface area contributed by atoms with Crippen molar-refractivity contribution in [1.82, 2.24) is 0 Å². The maximum Gasteiger partial charge on any atom is 0.261 e. The van der Waals surface area contributed by atoms with Crippen molar-refractivity contribution in [3.05, 3.63) is 156 Å². The molecule has 0 bridgehead atoms. The van der Waals surface area contributed by atoms with Gasteiger partial charge in [-0.25, -0.2) is 0 Å². The van der Waals surface area contributed by atoms with Crippen LogP contribution >= 0.6 is 0 Å². The Kier molecular flexibility index (Phi) is 14.7. The second-order valence-corrected chi connectivity index (χ2v) is 19.3. The monoisotopic (exact) mass is 746 g/mol. The van der Waals surface area contributed by atoms with Crippen LogP contribution in [0.25, 0.3) is 0 Å². The standard InChI is InChI=1S/C47H58O6Si/c1-46(2,3)54(42-21-12-7-13-22-42,43-23-14-8-15-24-43)53-36-18-26-45(49)44(48)25-16-9-17-35-52-47(37-19-10-6-11-20-37,38-27-31-40(50-4)32-28-38)39-29-33-41(51-5)34-30-39/h6-8,10-15,19-24,27-34,44-45,48-49H,9,16-18,25-26,35-36H2,1-5H3. The number of methoxy groups -OCH3 is 2. The van der Waals surface area contributed by atoms with Crippen molar-refractivity contribution in [3.8, 4) is 11.5 Å². The first-order valence-corrected chi connectivity index (χ1v) is 21.2. The van der Waals surface area contributed by atoms with Gasteiger partial charge in [0.1, 0.15) is 17.1 Å². The molecule has 2 atom stereocenters. The average Bonchev–Trinajstić information content (AvgIpc) is 3.21. The number of aliphatic hydroxyl groups excluding tert-OH is 2. The van der Waals surface area contributed by atoms with Crippen molar-refractivity contribution in [3.63, 3.8) is 0 Å². The molecule has 0 saturated heterocycles. The van der Waals surface area contributed by atoms with Gasteiger partial charge in [-0.2, -0.15) is 0 Å². The van der Waals surface area contributed by atoms with Crippen molar-refractivity contribution in [2.45, 2.75) is 82.1 Å². The summed E-state index contributed by atoms with van der Waals surface area (Å²) in [6.45, 7) is 7.82. The molecule has 5 aromatic carbocycles. The van der Waals surface area contributed by atoms with E-state index in [4.69, 9.17) is 18.6 Å². The Labute approximate surface area is 323 Å². The van der Waals surface area contributed by atoms with Crippen LogP contribution in [0.15, 0.2) is 140 Å². The van der Waals surface area contributed by atoms with Gasteiger partial charge in [-0.3, -0.25) is 0 Å². The number of hydrogen-bond donors (Lipinski definition) is 2. The second-order valence-electron chi connectivity index (χ2n) is 15.0. The highest BCUT2D eigenvalue weighted by atomic mass is 28.4. The molecule has 0 aromatic heterocycles. The van der Waals surface area contributed by atoms with E-state index in [0.717, 1.165) is 47.5 Å². The maximum atomic E-state index is 11.0. The number of unbranched alkanes of at least 4 members (excludes halogenated alkanes) is 2. The molecule has 0 amide bonds. The number of ether oxygens (including phenoxy) is 3. The lowest BCUT2D eigenvalue weighted by atomic mass is 9.80. The Morgan fingerprint density at radius 3 is 1.37 bits per heavy atom. The van der Waals surface area contributed by atoms with E-state index in [1.807, 2.05) is 54.6 Å². The zero-order valence-corrected chi connectivity index (χ0v) is 33.6. The molecule has 2 N–H and O–H groups in total. The van der Waals surface area contributed by atoms with Crippen molar-refractivity contribution in [2.24, 2.45) is 0 Å². The molecule has 0 heterocycles. The molecule has 6 nitrogen and oxygen atoms in total. The third kappa shape index (κ3) is 9.51. The Balaban J connectivity index is 1.17. The van der Waals surface area contributed by atoms with Gasteiger partial charge in [-0.1, -0.05) is 149 Å². The van der Waals surface area contributed by atoms with Crippen molar-refractivity contribution < 1.29 is 28.8 Å². The minimum Gasteiger partial charge on any atom is -0.497 e. The molecule has 0 aliphatic carbocycles. The number of rotatable bonds is 20. The van der Waals surface area contributed by atoms with Crippen LogP contribution in [0.2, 0.25) is 5.04 Å². The van der Waals surface area contributed by atoms with Crippen LogP contribution < -0.4 is 19.8 Å². The Bertz CT molecular complexity index is 1700. The number of benzene rings is 5. The Hall–Kier alpha value is -4.24. The van der Waals surface area contributed by atoms with E-state index in [9.17, 15) is 10.2 Å². The summed E-state index contributed by atoms with van der Waals surface area (Å²) in [7, 11) is 0.699. The van der Waals surface area contributed by atoms with E-state index in [-0.39, 0.29) is 5.04 Å². The van der Waals surface area contributed by atoms with Crippen LogP contribution in [-0.2, 0) is 14.8 Å². The van der Waals surface area contributed by atoms with Gasteiger partial charge in [0.2, 0.25) is 0 Å². The molecule has 5 rings (SSSR count). The molecule has 5 aromatic rings. The van der Waals surface area contributed by atoms with Crippen molar-refractivity contribution >= 4 is 18.7 Å². The third-order valence-corrected chi connectivity index (χ3v) is 15.5. The average molecular weight is 747 g/mol. The van der Waals surface area contributed by atoms with Gasteiger partial charge in [0.15, 0.2) is 0 Å². The minimum atomic E-state index is -2.64. The zero-order valence-electron chi connectivity index (χ0n) is 32.6. The summed E-state index contributed by atoms with van der Waals surface area (Å²) in [6, 6.07) is 47.6. The quantitative estimate of drug-likeness (QED) is 0.0472.